The number of fused-ring (bicyclic) bond motifs is 3. The summed E-state index contributed by atoms with van der Waals surface area (Å²) in [6, 6.07) is 43.7. The van der Waals surface area contributed by atoms with E-state index in [0.29, 0.717) is 11.4 Å². The van der Waals surface area contributed by atoms with Crippen molar-refractivity contribution < 1.29 is 15.3 Å². The second kappa shape index (κ2) is 13.9. The quantitative estimate of drug-likeness (QED) is 0.144. The Morgan fingerprint density at radius 3 is 1.74 bits per heavy atom. The lowest BCUT2D eigenvalue weighted by atomic mass is 9.99. The van der Waals surface area contributed by atoms with E-state index in [9.17, 15) is 15.3 Å². The minimum atomic E-state index is -0.112. The van der Waals surface area contributed by atoms with E-state index < -0.39 is 0 Å². The summed E-state index contributed by atoms with van der Waals surface area (Å²) < 4.78 is 2.08. The Labute approximate surface area is 305 Å². The summed E-state index contributed by atoms with van der Waals surface area (Å²) in [6.07, 6.45) is 4.11. The van der Waals surface area contributed by atoms with Crippen molar-refractivity contribution >= 4 is 67.3 Å². The zero-order chi connectivity index (χ0) is 36.5. The Bertz CT molecular complexity index is 2860. The molecule has 0 saturated heterocycles. The molecule has 8 rings (SSSR count). The van der Waals surface area contributed by atoms with E-state index in [-0.39, 0.29) is 23.2 Å². The average molecular weight is 694 g/mol. The van der Waals surface area contributed by atoms with E-state index in [1.807, 2.05) is 116 Å². The lowest BCUT2D eigenvalue weighted by molar-refractivity contribution is 0.475. The number of benzene rings is 7. The number of phenols is 3. The monoisotopic (exact) mass is 693 g/mol. The molecule has 0 bridgehead atoms. The predicted molar refractivity (Wildman–Crippen MR) is 213 cm³/mol. The SMILES string of the molecule is CC(/C=c1/c(=C\c2ccc(N=Nc3cccc4ccccc34)c(O)c2)c2cc(O)ccc2n1C)c1ccc(N=Nc2cccc3ccccc23)c(O)c1. The summed E-state index contributed by atoms with van der Waals surface area (Å²) in [5, 5.41) is 56.9. The first kappa shape index (κ1) is 33.1. The van der Waals surface area contributed by atoms with Gasteiger partial charge in [0.25, 0.3) is 0 Å². The molecule has 0 spiro atoms. The molecule has 0 aliphatic carbocycles. The summed E-state index contributed by atoms with van der Waals surface area (Å²) in [5.41, 5.74) is 4.76. The lowest BCUT2D eigenvalue weighted by Gasteiger charge is -2.09. The van der Waals surface area contributed by atoms with E-state index in [0.717, 1.165) is 65.5 Å². The fraction of sp³-hybridized carbons (Fsp3) is 0.0667. The van der Waals surface area contributed by atoms with Gasteiger partial charge in [-0.15, -0.1) is 20.5 Å². The van der Waals surface area contributed by atoms with Gasteiger partial charge in [0.1, 0.15) is 28.6 Å². The molecule has 1 aromatic heterocycles. The highest BCUT2D eigenvalue weighted by molar-refractivity contribution is 5.93. The van der Waals surface area contributed by atoms with Crippen LogP contribution in [0.3, 0.4) is 0 Å². The molecule has 3 N–H and O–H groups in total. The average Bonchev–Trinajstić information content (AvgIpc) is 3.42. The first-order valence-corrected chi connectivity index (χ1v) is 17.3. The highest BCUT2D eigenvalue weighted by Gasteiger charge is 2.12. The van der Waals surface area contributed by atoms with Gasteiger partial charge in [0, 0.05) is 45.2 Å². The number of rotatable bonds is 7. The van der Waals surface area contributed by atoms with Gasteiger partial charge in [-0.25, -0.2) is 0 Å². The number of aryl methyl sites for hydroxylation is 1. The van der Waals surface area contributed by atoms with Gasteiger partial charge in [-0.1, -0.05) is 97.9 Å². The number of phenolic OH excluding ortho intramolecular Hbond substituents is 3. The van der Waals surface area contributed by atoms with Crippen molar-refractivity contribution in [3.8, 4) is 17.2 Å². The predicted octanol–water partition coefficient (Wildman–Crippen LogP) is 10.8. The fourth-order valence-electron chi connectivity index (χ4n) is 6.76. The van der Waals surface area contributed by atoms with Crippen molar-refractivity contribution in [2.45, 2.75) is 12.8 Å². The molecule has 0 fully saturated rings. The number of nitrogens with zero attached hydrogens (tertiary/aromatic N) is 5. The van der Waals surface area contributed by atoms with Gasteiger partial charge in [0.15, 0.2) is 0 Å². The third-order valence-corrected chi connectivity index (χ3v) is 9.58. The molecule has 0 aliphatic heterocycles. The van der Waals surface area contributed by atoms with Crippen LogP contribution in [0.1, 0.15) is 24.0 Å². The molecular formula is C45H35N5O3. The zero-order valence-corrected chi connectivity index (χ0v) is 29.1. The maximum absolute atomic E-state index is 11.0. The van der Waals surface area contributed by atoms with Gasteiger partial charge >= 0.3 is 0 Å². The smallest absolute Gasteiger partial charge is 0.143 e. The van der Waals surface area contributed by atoms with Crippen molar-refractivity contribution in [2.75, 3.05) is 0 Å². The molecule has 0 radical (unpaired) electrons. The van der Waals surface area contributed by atoms with E-state index in [1.54, 1.807) is 36.4 Å². The van der Waals surface area contributed by atoms with Crippen LogP contribution in [-0.4, -0.2) is 19.9 Å². The number of aromatic nitrogens is 1. The third kappa shape index (κ3) is 6.61. The topological polar surface area (TPSA) is 115 Å². The van der Waals surface area contributed by atoms with E-state index in [4.69, 9.17) is 0 Å². The number of azo groups is 2. The minimum absolute atomic E-state index is 0.00196. The Hall–Kier alpha value is -7.06. The van der Waals surface area contributed by atoms with Crippen molar-refractivity contribution in [1.82, 2.24) is 4.57 Å². The molecule has 1 heterocycles. The van der Waals surface area contributed by atoms with Gasteiger partial charge in [-0.2, -0.15) is 0 Å². The van der Waals surface area contributed by atoms with Crippen LogP contribution in [0.25, 0.3) is 44.6 Å². The molecule has 0 amide bonds. The Morgan fingerprint density at radius 2 is 1.11 bits per heavy atom. The van der Waals surface area contributed by atoms with Crippen LogP contribution in [0, 0.1) is 0 Å². The van der Waals surface area contributed by atoms with Crippen LogP contribution in [-0.2, 0) is 7.05 Å². The maximum Gasteiger partial charge on any atom is 0.143 e. The molecule has 0 saturated carbocycles. The van der Waals surface area contributed by atoms with Crippen LogP contribution in [0.15, 0.2) is 160 Å². The summed E-state index contributed by atoms with van der Waals surface area (Å²) in [5.74, 6) is 0.0769. The van der Waals surface area contributed by atoms with E-state index in [2.05, 4.69) is 38.0 Å². The molecule has 8 heteroatoms. The standard InChI is InChI=1S/C45H35N5O3/c1-28(32-18-21-41(45(53)26-32)49-47-39-16-8-12-31-10-4-6-14-35(31)39)23-43-36(37-27-33(51)19-22-42(37)50(43)2)24-29-17-20-40(44(52)25-29)48-46-38-15-7-11-30-9-3-5-13-34(30)38/h3-28,51-53H,1-2H3/b36-24-,43-23-,48-46?,49-47?. The molecule has 8 aromatic rings. The van der Waals surface area contributed by atoms with Gasteiger partial charge in [-0.05, 0) is 82.6 Å². The second-order valence-electron chi connectivity index (χ2n) is 13.1. The fourth-order valence-corrected chi connectivity index (χ4v) is 6.76. The molecule has 7 aromatic carbocycles. The van der Waals surface area contributed by atoms with Crippen molar-refractivity contribution in [3.05, 3.63) is 161 Å². The van der Waals surface area contributed by atoms with Gasteiger partial charge in [0.2, 0.25) is 0 Å². The minimum Gasteiger partial charge on any atom is -0.508 e. The zero-order valence-electron chi connectivity index (χ0n) is 29.1. The Balaban J connectivity index is 1.13. The molecule has 0 aliphatic rings. The molecular weight excluding hydrogens is 659 g/mol. The number of hydrogen-bond acceptors (Lipinski definition) is 7. The lowest BCUT2D eigenvalue weighted by Crippen LogP contribution is -2.28. The van der Waals surface area contributed by atoms with Crippen LogP contribution in [0.5, 0.6) is 17.2 Å². The first-order valence-electron chi connectivity index (χ1n) is 17.3. The van der Waals surface area contributed by atoms with E-state index in [1.165, 1.54) is 0 Å². The van der Waals surface area contributed by atoms with Crippen molar-refractivity contribution in [3.63, 3.8) is 0 Å². The highest BCUT2D eigenvalue weighted by Crippen LogP contribution is 2.35. The molecule has 53 heavy (non-hydrogen) atoms. The number of aromatic hydroxyl groups is 3. The van der Waals surface area contributed by atoms with Gasteiger partial charge < -0.3 is 19.9 Å². The third-order valence-electron chi connectivity index (χ3n) is 9.58. The van der Waals surface area contributed by atoms with Crippen molar-refractivity contribution in [2.24, 2.45) is 27.5 Å². The molecule has 1 atom stereocenters. The van der Waals surface area contributed by atoms with E-state index >= 15 is 0 Å². The summed E-state index contributed by atoms with van der Waals surface area (Å²) in [6.45, 7) is 2.06. The first-order chi connectivity index (χ1) is 25.8. The second-order valence-corrected chi connectivity index (χ2v) is 13.1. The number of hydrogen-bond donors (Lipinski definition) is 3. The molecule has 8 nitrogen and oxygen atoms in total. The summed E-state index contributed by atoms with van der Waals surface area (Å²) >= 11 is 0. The van der Waals surface area contributed by atoms with Crippen LogP contribution in [0.2, 0.25) is 0 Å². The maximum atomic E-state index is 11.0. The van der Waals surface area contributed by atoms with Crippen molar-refractivity contribution in [1.29, 1.82) is 0 Å². The summed E-state index contributed by atoms with van der Waals surface area (Å²) in [4.78, 5) is 0. The van der Waals surface area contributed by atoms with Crippen LogP contribution >= 0.6 is 0 Å². The van der Waals surface area contributed by atoms with Crippen LogP contribution < -0.4 is 10.6 Å². The highest BCUT2D eigenvalue weighted by atomic mass is 16.3. The van der Waals surface area contributed by atoms with Gasteiger partial charge in [-0.3, -0.25) is 0 Å². The normalized spacial score (nSPS) is 13.3. The molecule has 1 unspecified atom stereocenters. The van der Waals surface area contributed by atoms with Crippen LogP contribution in [0.4, 0.5) is 22.7 Å². The largest absolute Gasteiger partial charge is 0.508 e. The summed E-state index contributed by atoms with van der Waals surface area (Å²) in [7, 11) is 1.98. The Kier molecular flexibility index (Phi) is 8.70. The Morgan fingerprint density at radius 1 is 0.547 bits per heavy atom. The van der Waals surface area contributed by atoms with Gasteiger partial charge in [0.05, 0.1) is 11.4 Å². The molecule has 258 valence electrons.